The van der Waals surface area contributed by atoms with E-state index in [0.717, 1.165) is 16.7 Å². The molecule has 96 valence electrons. The summed E-state index contributed by atoms with van der Waals surface area (Å²) < 4.78 is 0. The van der Waals surface area contributed by atoms with Crippen molar-refractivity contribution >= 4 is 17.4 Å². The molecule has 17 heavy (non-hydrogen) atoms. The molecule has 0 heterocycles. The van der Waals surface area contributed by atoms with Gasteiger partial charge in [-0.05, 0) is 20.8 Å². The van der Waals surface area contributed by atoms with E-state index in [0.29, 0.717) is 5.69 Å². The molecular formula is C13H17NNiO2. The summed E-state index contributed by atoms with van der Waals surface area (Å²) in [5.41, 5.74) is 3.57. The Morgan fingerprint density at radius 3 is 1.82 bits per heavy atom. The van der Waals surface area contributed by atoms with Crippen molar-refractivity contribution in [3.63, 3.8) is 0 Å². The van der Waals surface area contributed by atoms with Gasteiger partial charge in [-0.3, -0.25) is 4.79 Å². The van der Waals surface area contributed by atoms with Crippen LogP contribution < -0.4 is 0 Å². The molecule has 0 saturated carbocycles. The fourth-order valence-electron chi connectivity index (χ4n) is 1.53. The van der Waals surface area contributed by atoms with Crippen LogP contribution in [0, 0.1) is 28.2 Å². The number of amides is 1. The zero-order valence-corrected chi connectivity index (χ0v) is 11.7. The van der Waals surface area contributed by atoms with E-state index in [-0.39, 0.29) is 23.9 Å². The Kier molecular flexibility index (Phi) is 7.75. The third kappa shape index (κ3) is 4.70. The topological polar surface area (TPSA) is 48.2 Å². The molecule has 0 aliphatic rings. The summed E-state index contributed by atoms with van der Waals surface area (Å²) in [6.45, 7) is 6.97. The van der Waals surface area contributed by atoms with Gasteiger partial charge < -0.3 is 17.5 Å². The van der Waals surface area contributed by atoms with Crippen LogP contribution in [0.2, 0.25) is 0 Å². The number of ketones is 1. The van der Waals surface area contributed by atoms with E-state index in [9.17, 15) is 9.59 Å². The molecule has 0 aliphatic carbocycles. The van der Waals surface area contributed by atoms with Crippen molar-refractivity contribution in [1.29, 1.82) is 0 Å². The summed E-state index contributed by atoms with van der Waals surface area (Å²) >= 11 is 0. The van der Waals surface area contributed by atoms with Crippen molar-refractivity contribution in [2.24, 2.45) is 0 Å². The van der Waals surface area contributed by atoms with Gasteiger partial charge in [0.2, 0.25) is 0 Å². The number of hydrogen-bond donors (Lipinski definition) is 0. The van der Waals surface area contributed by atoms with E-state index < -0.39 is 11.7 Å². The van der Waals surface area contributed by atoms with Gasteiger partial charge in [0.05, 0.1) is 0 Å². The van der Waals surface area contributed by atoms with E-state index >= 15 is 0 Å². The number of rotatable bonds is 2. The number of carbonyl (C=O) groups is 2. The van der Waals surface area contributed by atoms with Crippen molar-refractivity contribution in [1.82, 2.24) is 0 Å². The Morgan fingerprint density at radius 2 is 1.47 bits per heavy atom. The Hall–Kier alpha value is -1.15. The molecule has 0 atom stereocenters. The Bertz CT molecular complexity index is 404. The molecule has 1 aromatic rings. The van der Waals surface area contributed by atoms with Crippen molar-refractivity contribution < 1.29 is 26.1 Å². The molecule has 0 fully saturated rings. The van der Waals surface area contributed by atoms with Crippen molar-refractivity contribution in [3.8, 4) is 0 Å². The number of nitrogens with zero attached hydrogens (tertiary/aromatic N) is 1. The van der Waals surface area contributed by atoms with E-state index in [2.05, 4.69) is 5.32 Å². The smallest absolute Gasteiger partial charge is 0.620 e. The van der Waals surface area contributed by atoms with Crippen LogP contribution in [0.4, 0.5) is 5.69 Å². The van der Waals surface area contributed by atoms with Crippen LogP contribution >= 0.6 is 0 Å². The van der Waals surface area contributed by atoms with E-state index in [1.54, 1.807) is 0 Å². The predicted octanol–water partition coefficient (Wildman–Crippen LogP) is 3.18. The maximum atomic E-state index is 11.2. The average molecular weight is 278 g/mol. The largest absolute Gasteiger partial charge is 2.00 e. The Morgan fingerprint density at radius 1 is 1.06 bits per heavy atom. The van der Waals surface area contributed by atoms with Gasteiger partial charge in [0, 0.05) is 6.92 Å². The van der Waals surface area contributed by atoms with E-state index in [1.165, 1.54) is 6.92 Å². The van der Waals surface area contributed by atoms with Crippen LogP contribution in [-0.4, -0.2) is 11.7 Å². The van der Waals surface area contributed by atoms with Crippen LogP contribution in [0.15, 0.2) is 12.1 Å². The van der Waals surface area contributed by atoms with E-state index in [4.69, 9.17) is 0 Å². The fourth-order valence-corrected chi connectivity index (χ4v) is 1.53. The van der Waals surface area contributed by atoms with Gasteiger partial charge in [0.1, 0.15) is 5.91 Å². The molecule has 4 heteroatoms. The third-order valence-corrected chi connectivity index (χ3v) is 2.15. The van der Waals surface area contributed by atoms with Crippen molar-refractivity contribution in [2.45, 2.75) is 27.7 Å². The number of Topliss-reactive ketones (excluding diaryl/α,β-unsaturated/α-hetero) is 1. The summed E-state index contributed by atoms with van der Waals surface area (Å²) in [5, 5.41) is 3.81. The van der Waals surface area contributed by atoms with E-state index in [1.807, 2.05) is 32.9 Å². The molecule has 0 saturated heterocycles. The molecular weight excluding hydrogens is 261 g/mol. The quantitative estimate of drug-likeness (QED) is 0.474. The molecule has 3 nitrogen and oxygen atoms in total. The number of hydrogen-bond acceptors (Lipinski definition) is 2. The molecule has 0 radical (unpaired) electrons. The maximum absolute atomic E-state index is 11.2. The minimum atomic E-state index is -0.690. The third-order valence-electron chi connectivity index (χ3n) is 2.15. The van der Waals surface area contributed by atoms with Gasteiger partial charge in [0.15, 0.2) is 5.78 Å². The average Bonchev–Trinajstić information content (AvgIpc) is 2.10. The van der Waals surface area contributed by atoms with Gasteiger partial charge in [-0.15, -0.1) is 5.69 Å². The predicted molar refractivity (Wildman–Crippen MR) is 65.8 cm³/mol. The Balaban J connectivity index is 0. The SMILES string of the molecule is CC(=O)C(=O)[N-]c1c(C)cc(C)cc1C.[CH3-].[Ni+2]. The van der Waals surface area contributed by atoms with Crippen molar-refractivity contribution in [3.05, 3.63) is 41.6 Å². The molecule has 1 amide bonds. The summed E-state index contributed by atoms with van der Waals surface area (Å²) in [6.07, 6.45) is 0. The first-order valence-corrected chi connectivity index (χ1v) is 4.76. The van der Waals surface area contributed by atoms with Gasteiger partial charge in [-0.1, -0.05) is 28.8 Å². The summed E-state index contributed by atoms with van der Waals surface area (Å²) in [6, 6.07) is 3.89. The van der Waals surface area contributed by atoms with Gasteiger partial charge in [-0.25, -0.2) is 0 Å². The van der Waals surface area contributed by atoms with Crippen LogP contribution in [0.3, 0.4) is 0 Å². The Labute approximate surface area is 113 Å². The normalized spacial score (nSPS) is 8.71. The molecule has 0 N–H and O–H groups in total. The summed E-state index contributed by atoms with van der Waals surface area (Å²) in [4.78, 5) is 22.0. The summed E-state index contributed by atoms with van der Waals surface area (Å²) in [7, 11) is 0. The molecule has 1 rings (SSSR count). The minimum absolute atomic E-state index is 0. The van der Waals surface area contributed by atoms with Crippen LogP contribution in [0.5, 0.6) is 0 Å². The number of benzene rings is 1. The number of aryl methyl sites for hydroxylation is 3. The van der Waals surface area contributed by atoms with Crippen molar-refractivity contribution in [2.75, 3.05) is 0 Å². The first kappa shape index (κ1) is 18.2. The molecule has 0 aliphatic heterocycles. The zero-order valence-electron chi connectivity index (χ0n) is 10.7. The van der Waals surface area contributed by atoms with Crippen LogP contribution in [0.1, 0.15) is 23.6 Å². The molecule has 0 bridgehead atoms. The fraction of sp³-hybridized carbons (Fsp3) is 0.308. The standard InChI is InChI=1S/C12H15NO2.CH3.Ni/c1-7-5-8(2)11(9(3)6-7)13-12(15)10(4)14;;/h5-6H,1-4H3,(H,13,15);1H3;/q;-1;+2/p-1. The first-order valence-electron chi connectivity index (χ1n) is 4.76. The van der Waals surface area contributed by atoms with Crippen LogP contribution in [-0.2, 0) is 26.1 Å². The maximum Gasteiger partial charge on any atom is 2.00 e. The second-order valence-corrected chi connectivity index (χ2v) is 3.72. The summed E-state index contributed by atoms with van der Waals surface area (Å²) in [5.74, 6) is -1.22. The molecule has 0 unspecified atom stereocenters. The van der Waals surface area contributed by atoms with Gasteiger partial charge >= 0.3 is 16.5 Å². The number of carbonyl (C=O) groups excluding carboxylic acids is 2. The first-order chi connectivity index (χ1) is 6.91. The zero-order chi connectivity index (χ0) is 11.6. The van der Waals surface area contributed by atoms with Gasteiger partial charge in [-0.2, -0.15) is 0 Å². The monoisotopic (exact) mass is 277 g/mol. The minimum Gasteiger partial charge on any atom is -0.620 e. The molecule has 0 spiro atoms. The van der Waals surface area contributed by atoms with Crippen LogP contribution in [0.25, 0.3) is 5.32 Å². The van der Waals surface area contributed by atoms with Gasteiger partial charge in [0.25, 0.3) is 0 Å². The molecule has 1 aromatic carbocycles. The second kappa shape index (κ2) is 7.23. The molecule has 0 aromatic heterocycles. The second-order valence-electron chi connectivity index (χ2n) is 3.72.